The van der Waals surface area contributed by atoms with Crippen molar-refractivity contribution in [2.45, 2.75) is 18.8 Å². The standard InChI is InChI=1S/C12H16ClNO2/c1-12(15)11(14(2)7-8-16-12)9-3-5-10(13)6-4-9/h3-6,11,15H,7-8H2,1-2H3/t11-,12-/m0/s1. The Bertz CT molecular complexity index is 364. The van der Waals surface area contributed by atoms with Crippen LogP contribution in [0.2, 0.25) is 5.02 Å². The maximum absolute atomic E-state index is 10.2. The Labute approximate surface area is 101 Å². The molecule has 0 aromatic heterocycles. The van der Waals surface area contributed by atoms with E-state index in [9.17, 15) is 5.11 Å². The summed E-state index contributed by atoms with van der Waals surface area (Å²) in [6.07, 6.45) is 0. The number of rotatable bonds is 1. The lowest BCUT2D eigenvalue weighted by atomic mass is 9.97. The number of aliphatic hydroxyl groups is 1. The number of benzene rings is 1. The average Bonchev–Trinajstić information content (AvgIpc) is 2.19. The van der Waals surface area contributed by atoms with Crippen LogP contribution < -0.4 is 0 Å². The summed E-state index contributed by atoms with van der Waals surface area (Å²) in [5.74, 6) is -1.15. The number of hydrogen-bond acceptors (Lipinski definition) is 3. The van der Waals surface area contributed by atoms with Crippen molar-refractivity contribution in [3.05, 3.63) is 34.9 Å². The molecule has 1 N–H and O–H groups in total. The number of hydrogen-bond donors (Lipinski definition) is 1. The Morgan fingerprint density at radius 1 is 1.44 bits per heavy atom. The molecule has 1 aromatic carbocycles. The fraction of sp³-hybridized carbons (Fsp3) is 0.500. The first-order chi connectivity index (χ1) is 7.50. The third kappa shape index (κ3) is 2.23. The molecule has 0 aliphatic carbocycles. The van der Waals surface area contributed by atoms with Crippen molar-refractivity contribution in [3.8, 4) is 0 Å². The highest BCUT2D eigenvalue weighted by molar-refractivity contribution is 6.30. The van der Waals surface area contributed by atoms with Crippen molar-refractivity contribution in [2.24, 2.45) is 0 Å². The summed E-state index contributed by atoms with van der Waals surface area (Å²) < 4.78 is 5.41. The second kappa shape index (κ2) is 4.34. The summed E-state index contributed by atoms with van der Waals surface area (Å²) in [5.41, 5.74) is 1.01. The van der Waals surface area contributed by atoms with Gasteiger partial charge < -0.3 is 9.84 Å². The predicted molar refractivity (Wildman–Crippen MR) is 63.4 cm³/mol. The minimum absolute atomic E-state index is 0.154. The Kier molecular flexibility index (Phi) is 3.22. The summed E-state index contributed by atoms with van der Waals surface area (Å²) in [6.45, 7) is 3.05. The van der Waals surface area contributed by atoms with E-state index in [0.29, 0.717) is 11.6 Å². The Morgan fingerprint density at radius 3 is 2.62 bits per heavy atom. The van der Waals surface area contributed by atoms with Crippen LogP contribution >= 0.6 is 11.6 Å². The van der Waals surface area contributed by atoms with Crippen LogP contribution in [0.1, 0.15) is 18.5 Å². The lowest BCUT2D eigenvalue weighted by Crippen LogP contribution is -2.50. The SMILES string of the molecule is CN1CCO[C@](C)(O)[C@@H]1c1ccc(Cl)cc1. The normalized spacial score (nSPS) is 31.6. The van der Waals surface area contributed by atoms with E-state index >= 15 is 0 Å². The number of ether oxygens (including phenoxy) is 1. The Balaban J connectivity index is 2.32. The fourth-order valence-corrected chi connectivity index (χ4v) is 2.35. The molecule has 0 spiro atoms. The first kappa shape index (κ1) is 11.9. The van der Waals surface area contributed by atoms with Gasteiger partial charge in [0, 0.05) is 11.6 Å². The van der Waals surface area contributed by atoms with E-state index in [-0.39, 0.29) is 6.04 Å². The van der Waals surface area contributed by atoms with E-state index in [1.165, 1.54) is 0 Å². The van der Waals surface area contributed by atoms with E-state index in [1.807, 2.05) is 31.3 Å². The zero-order valence-corrected chi connectivity index (χ0v) is 10.2. The Morgan fingerprint density at radius 2 is 2.06 bits per heavy atom. The van der Waals surface area contributed by atoms with Gasteiger partial charge in [0.2, 0.25) is 0 Å². The van der Waals surface area contributed by atoms with Gasteiger partial charge in [0.25, 0.3) is 0 Å². The highest BCUT2D eigenvalue weighted by Gasteiger charge is 2.40. The first-order valence-corrected chi connectivity index (χ1v) is 5.70. The minimum Gasteiger partial charge on any atom is -0.364 e. The van der Waals surface area contributed by atoms with Gasteiger partial charge in [0.05, 0.1) is 12.6 Å². The van der Waals surface area contributed by atoms with E-state index in [1.54, 1.807) is 6.92 Å². The molecule has 3 nitrogen and oxygen atoms in total. The summed E-state index contributed by atoms with van der Waals surface area (Å²) in [7, 11) is 1.98. The van der Waals surface area contributed by atoms with Crippen molar-refractivity contribution in [1.82, 2.24) is 4.90 Å². The lowest BCUT2D eigenvalue weighted by molar-refractivity contribution is -0.256. The van der Waals surface area contributed by atoms with Gasteiger partial charge in [-0.05, 0) is 31.7 Å². The molecule has 0 radical (unpaired) electrons. The van der Waals surface area contributed by atoms with Crippen LogP contribution in [-0.2, 0) is 4.74 Å². The molecular formula is C12H16ClNO2. The number of halogens is 1. The van der Waals surface area contributed by atoms with E-state index in [4.69, 9.17) is 16.3 Å². The third-order valence-corrected chi connectivity index (χ3v) is 3.22. The second-order valence-corrected chi connectivity index (χ2v) is 4.77. The molecule has 1 aliphatic rings. The molecule has 2 atom stereocenters. The molecule has 1 aromatic rings. The van der Waals surface area contributed by atoms with Gasteiger partial charge in [-0.3, -0.25) is 4.90 Å². The van der Waals surface area contributed by atoms with Crippen LogP contribution in [-0.4, -0.2) is 36.0 Å². The molecule has 0 unspecified atom stereocenters. The first-order valence-electron chi connectivity index (χ1n) is 5.33. The smallest absolute Gasteiger partial charge is 0.182 e. The third-order valence-electron chi connectivity index (χ3n) is 2.97. The maximum atomic E-state index is 10.2. The van der Waals surface area contributed by atoms with Crippen LogP contribution in [0.15, 0.2) is 24.3 Å². The van der Waals surface area contributed by atoms with E-state index in [2.05, 4.69) is 4.90 Å². The van der Waals surface area contributed by atoms with Crippen molar-refractivity contribution in [2.75, 3.05) is 20.2 Å². The van der Waals surface area contributed by atoms with Crippen molar-refractivity contribution in [3.63, 3.8) is 0 Å². The van der Waals surface area contributed by atoms with Gasteiger partial charge >= 0.3 is 0 Å². The van der Waals surface area contributed by atoms with Crippen LogP contribution in [0.4, 0.5) is 0 Å². The number of likely N-dealkylation sites (N-methyl/N-ethyl adjacent to an activating group) is 1. The minimum atomic E-state index is -1.15. The van der Waals surface area contributed by atoms with Gasteiger partial charge in [0.1, 0.15) is 0 Å². The van der Waals surface area contributed by atoms with Gasteiger partial charge in [-0.1, -0.05) is 23.7 Å². The van der Waals surface area contributed by atoms with Crippen LogP contribution in [0, 0.1) is 0 Å². The maximum Gasteiger partial charge on any atom is 0.182 e. The van der Waals surface area contributed by atoms with Crippen LogP contribution in [0.25, 0.3) is 0 Å². The average molecular weight is 242 g/mol. The quantitative estimate of drug-likeness (QED) is 0.817. The lowest BCUT2D eigenvalue weighted by Gasteiger charge is -2.43. The van der Waals surface area contributed by atoms with Crippen LogP contribution in [0.5, 0.6) is 0 Å². The molecule has 0 saturated carbocycles. The number of morpholine rings is 1. The molecule has 88 valence electrons. The predicted octanol–water partition coefficient (Wildman–Crippen LogP) is 2.05. The molecular weight excluding hydrogens is 226 g/mol. The molecule has 1 heterocycles. The highest BCUT2D eigenvalue weighted by Crippen LogP contribution is 2.35. The molecule has 0 amide bonds. The second-order valence-electron chi connectivity index (χ2n) is 4.34. The molecule has 2 rings (SSSR count). The molecule has 1 saturated heterocycles. The van der Waals surface area contributed by atoms with Crippen LogP contribution in [0.3, 0.4) is 0 Å². The van der Waals surface area contributed by atoms with Gasteiger partial charge in [-0.2, -0.15) is 0 Å². The molecule has 1 aliphatic heterocycles. The van der Waals surface area contributed by atoms with Gasteiger partial charge in [0.15, 0.2) is 5.79 Å². The summed E-state index contributed by atoms with van der Waals surface area (Å²) in [4.78, 5) is 2.09. The van der Waals surface area contributed by atoms with Gasteiger partial charge in [-0.15, -0.1) is 0 Å². The summed E-state index contributed by atoms with van der Waals surface area (Å²) >= 11 is 5.85. The molecule has 0 bridgehead atoms. The van der Waals surface area contributed by atoms with E-state index < -0.39 is 5.79 Å². The number of nitrogens with zero attached hydrogens (tertiary/aromatic N) is 1. The largest absolute Gasteiger partial charge is 0.364 e. The van der Waals surface area contributed by atoms with Crippen molar-refractivity contribution in [1.29, 1.82) is 0 Å². The highest BCUT2D eigenvalue weighted by atomic mass is 35.5. The fourth-order valence-electron chi connectivity index (χ4n) is 2.22. The van der Waals surface area contributed by atoms with E-state index in [0.717, 1.165) is 12.1 Å². The van der Waals surface area contributed by atoms with Crippen molar-refractivity contribution >= 4 is 11.6 Å². The topological polar surface area (TPSA) is 32.7 Å². The van der Waals surface area contributed by atoms with Gasteiger partial charge in [-0.25, -0.2) is 0 Å². The molecule has 4 heteroatoms. The summed E-state index contributed by atoms with van der Waals surface area (Å²) in [6, 6.07) is 7.35. The zero-order valence-electron chi connectivity index (χ0n) is 9.48. The van der Waals surface area contributed by atoms with Crippen molar-refractivity contribution < 1.29 is 9.84 Å². The Hall–Kier alpha value is -0.610. The molecule has 1 fully saturated rings. The molecule has 16 heavy (non-hydrogen) atoms. The summed E-state index contributed by atoms with van der Waals surface area (Å²) in [5, 5.41) is 10.9. The zero-order chi connectivity index (χ0) is 11.8. The monoisotopic (exact) mass is 241 g/mol.